The molecular formula is C9H18N2O2. The number of likely N-dealkylation sites (N-methyl/N-ethyl adjacent to an activating group) is 1. The van der Waals surface area contributed by atoms with Gasteiger partial charge in [-0.2, -0.15) is 0 Å². The molecule has 1 aliphatic rings. The van der Waals surface area contributed by atoms with Crippen molar-refractivity contribution in [3.05, 3.63) is 0 Å². The second-order valence-electron chi connectivity index (χ2n) is 3.66. The molecule has 1 unspecified atom stereocenters. The first kappa shape index (κ1) is 10.5. The van der Waals surface area contributed by atoms with Crippen LogP contribution in [0.2, 0.25) is 0 Å². The van der Waals surface area contributed by atoms with Gasteiger partial charge in [0.25, 0.3) is 5.91 Å². The van der Waals surface area contributed by atoms with Crippen molar-refractivity contribution in [1.82, 2.24) is 9.80 Å². The second-order valence-corrected chi connectivity index (χ2v) is 3.66. The fourth-order valence-electron chi connectivity index (χ4n) is 1.53. The van der Waals surface area contributed by atoms with Crippen LogP contribution < -0.4 is 0 Å². The minimum Gasteiger partial charge on any atom is -0.384 e. The Kier molecular flexibility index (Phi) is 3.69. The summed E-state index contributed by atoms with van der Waals surface area (Å²) >= 11 is 0. The van der Waals surface area contributed by atoms with Crippen molar-refractivity contribution in [1.29, 1.82) is 0 Å². The van der Waals surface area contributed by atoms with Crippen molar-refractivity contribution in [2.45, 2.75) is 19.4 Å². The molecule has 0 aromatic carbocycles. The summed E-state index contributed by atoms with van der Waals surface area (Å²) < 4.78 is 0. The number of aliphatic hydroxyl groups is 1. The van der Waals surface area contributed by atoms with Crippen LogP contribution in [-0.2, 0) is 4.79 Å². The Balaban J connectivity index is 2.46. The van der Waals surface area contributed by atoms with Crippen LogP contribution in [0.5, 0.6) is 0 Å². The van der Waals surface area contributed by atoms with Gasteiger partial charge in [0, 0.05) is 19.6 Å². The summed E-state index contributed by atoms with van der Waals surface area (Å²) in [6, 6.07) is 0. The van der Waals surface area contributed by atoms with Gasteiger partial charge in [0.2, 0.25) is 0 Å². The molecule has 4 heteroatoms. The van der Waals surface area contributed by atoms with Crippen molar-refractivity contribution in [2.75, 3.05) is 33.2 Å². The Morgan fingerprint density at radius 3 is 2.62 bits per heavy atom. The molecule has 13 heavy (non-hydrogen) atoms. The van der Waals surface area contributed by atoms with Crippen molar-refractivity contribution >= 4 is 5.91 Å². The van der Waals surface area contributed by atoms with E-state index in [1.54, 1.807) is 4.90 Å². The lowest BCUT2D eigenvalue weighted by Crippen LogP contribution is -2.39. The van der Waals surface area contributed by atoms with Crippen LogP contribution >= 0.6 is 0 Å². The Bertz CT molecular complexity index is 182. The Hall–Kier alpha value is -0.610. The average molecular weight is 186 g/mol. The van der Waals surface area contributed by atoms with Gasteiger partial charge in [0.05, 0.1) is 0 Å². The topological polar surface area (TPSA) is 43.8 Å². The third-order valence-corrected chi connectivity index (χ3v) is 2.39. The zero-order chi connectivity index (χ0) is 9.84. The molecule has 0 saturated carbocycles. The van der Waals surface area contributed by atoms with E-state index in [0.29, 0.717) is 0 Å². The fraction of sp³-hybridized carbons (Fsp3) is 0.889. The number of carbonyl (C=O) groups excluding carboxylic acids is 1. The van der Waals surface area contributed by atoms with E-state index in [1.165, 1.54) is 6.92 Å². The predicted octanol–water partition coefficient (Wildman–Crippen LogP) is -0.469. The largest absolute Gasteiger partial charge is 0.384 e. The maximum atomic E-state index is 11.4. The Morgan fingerprint density at radius 1 is 1.31 bits per heavy atom. The zero-order valence-electron chi connectivity index (χ0n) is 8.36. The van der Waals surface area contributed by atoms with Gasteiger partial charge in [-0.15, -0.1) is 0 Å². The average Bonchev–Trinajstić information content (AvgIpc) is 2.28. The van der Waals surface area contributed by atoms with E-state index in [-0.39, 0.29) is 5.91 Å². The minimum atomic E-state index is -0.858. The highest BCUT2D eigenvalue weighted by atomic mass is 16.3. The molecule has 1 N–H and O–H groups in total. The fourth-order valence-corrected chi connectivity index (χ4v) is 1.53. The number of nitrogens with zero attached hydrogens (tertiary/aromatic N) is 2. The van der Waals surface area contributed by atoms with E-state index < -0.39 is 6.10 Å². The van der Waals surface area contributed by atoms with Crippen molar-refractivity contribution in [3.63, 3.8) is 0 Å². The molecular weight excluding hydrogens is 168 g/mol. The van der Waals surface area contributed by atoms with E-state index in [4.69, 9.17) is 5.11 Å². The molecule has 76 valence electrons. The summed E-state index contributed by atoms with van der Waals surface area (Å²) in [6.45, 7) is 4.97. The molecule has 4 nitrogen and oxygen atoms in total. The number of hydrogen-bond acceptors (Lipinski definition) is 3. The van der Waals surface area contributed by atoms with Gasteiger partial charge in [-0.1, -0.05) is 0 Å². The summed E-state index contributed by atoms with van der Waals surface area (Å²) in [7, 11) is 2.05. The third kappa shape index (κ3) is 2.97. The predicted molar refractivity (Wildman–Crippen MR) is 50.4 cm³/mol. The van der Waals surface area contributed by atoms with Crippen LogP contribution in [0.25, 0.3) is 0 Å². The van der Waals surface area contributed by atoms with Gasteiger partial charge in [0.1, 0.15) is 6.10 Å². The Labute approximate surface area is 79.1 Å². The van der Waals surface area contributed by atoms with Crippen LogP contribution in [0, 0.1) is 0 Å². The minimum absolute atomic E-state index is 0.143. The van der Waals surface area contributed by atoms with Crippen molar-refractivity contribution in [2.24, 2.45) is 0 Å². The molecule has 1 saturated heterocycles. The quantitative estimate of drug-likeness (QED) is 0.602. The lowest BCUT2D eigenvalue weighted by Gasteiger charge is -2.21. The van der Waals surface area contributed by atoms with Crippen LogP contribution in [0.15, 0.2) is 0 Å². The third-order valence-electron chi connectivity index (χ3n) is 2.39. The molecule has 0 spiro atoms. The molecule has 0 aliphatic carbocycles. The smallest absolute Gasteiger partial charge is 0.251 e. The first-order chi connectivity index (χ1) is 6.11. The van der Waals surface area contributed by atoms with Crippen LogP contribution in [0.3, 0.4) is 0 Å². The lowest BCUT2D eigenvalue weighted by atomic mass is 10.3. The SMILES string of the molecule is CC(O)C(=O)N1CCCN(C)CC1. The number of hydrogen-bond donors (Lipinski definition) is 1. The highest BCUT2D eigenvalue weighted by Crippen LogP contribution is 2.03. The number of rotatable bonds is 1. The van der Waals surface area contributed by atoms with E-state index >= 15 is 0 Å². The van der Waals surface area contributed by atoms with Crippen molar-refractivity contribution < 1.29 is 9.90 Å². The lowest BCUT2D eigenvalue weighted by molar-refractivity contribution is -0.139. The summed E-state index contributed by atoms with van der Waals surface area (Å²) in [5.41, 5.74) is 0. The van der Waals surface area contributed by atoms with E-state index in [2.05, 4.69) is 11.9 Å². The highest BCUT2D eigenvalue weighted by molar-refractivity contribution is 5.80. The van der Waals surface area contributed by atoms with Gasteiger partial charge < -0.3 is 14.9 Å². The maximum absolute atomic E-state index is 11.4. The van der Waals surface area contributed by atoms with Gasteiger partial charge in [-0.3, -0.25) is 4.79 Å². The van der Waals surface area contributed by atoms with Gasteiger partial charge in [-0.05, 0) is 26.9 Å². The highest BCUT2D eigenvalue weighted by Gasteiger charge is 2.20. The zero-order valence-corrected chi connectivity index (χ0v) is 8.36. The summed E-state index contributed by atoms with van der Waals surface area (Å²) in [5, 5.41) is 9.13. The molecule has 1 heterocycles. The van der Waals surface area contributed by atoms with Gasteiger partial charge in [0.15, 0.2) is 0 Å². The molecule has 1 atom stereocenters. The Morgan fingerprint density at radius 2 is 2.00 bits per heavy atom. The standard InChI is InChI=1S/C9H18N2O2/c1-8(12)9(13)11-5-3-4-10(2)6-7-11/h8,12H,3-7H2,1-2H3. The van der Waals surface area contributed by atoms with Crippen molar-refractivity contribution in [3.8, 4) is 0 Å². The van der Waals surface area contributed by atoms with E-state index in [0.717, 1.165) is 32.6 Å². The molecule has 0 radical (unpaired) electrons. The number of aliphatic hydroxyl groups excluding tert-OH is 1. The first-order valence-electron chi connectivity index (χ1n) is 4.76. The normalized spacial score (nSPS) is 22.5. The molecule has 0 aromatic rings. The molecule has 1 amide bonds. The van der Waals surface area contributed by atoms with Crippen LogP contribution in [0.4, 0.5) is 0 Å². The van der Waals surface area contributed by atoms with E-state index in [1.807, 2.05) is 0 Å². The summed E-state index contributed by atoms with van der Waals surface area (Å²) in [6.07, 6.45) is 0.137. The second kappa shape index (κ2) is 4.58. The summed E-state index contributed by atoms with van der Waals surface area (Å²) in [5.74, 6) is -0.143. The molecule has 1 fully saturated rings. The molecule has 1 aliphatic heterocycles. The van der Waals surface area contributed by atoms with Crippen LogP contribution in [-0.4, -0.2) is 60.1 Å². The number of amides is 1. The number of carbonyl (C=O) groups is 1. The maximum Gasteiger partial charge on any atom is 0.251 e. The van der Waals surface area contributed by atoms with Crippen LogP contribution in [0.1, 0.15) is 13.3 Å². The van der Waals surface area contributed by atoms with Gasteiger partial charge in [-0.25, -0.2) is 0 Å². The molecule has 0 aromatic heterocycles. The van der Waals surface area contributed by atoms with Gasteiger partial charge >= 0.3 is 0 Å². The monoisotopic (exact) mass is 186 g/mol. The molecule has 1 rings (SSSR count). The molecule has 0 bridgehead atoms. The summed E-state index contributed by atoms with van der Waals surface area (Å²) in [4.78, 5) is 15.4. The van der Waals surface area contributed by atoms with E-state index in [9.17, 15) is 4.79 Å². The first-order valence-corrected chi connectivity index (χ1v) is 4.76.